The number of aryl methyl sites for hydroxylation is 1. The number of carbonyl (C=O) groups excluding carboxylic acids is 2. The van der Waals surface area contributed by atoms with E-state index < -0.39 is 76.5 Å². The van der Waals surface area contributed by atoms with E-state index in [0.717, 1.165) is 6.92 Å². The molecule has 0 fully saturated rings. The normalized spacial score (nSPS) is 12.6. The summed E-state index contributed by atoms with van der Waals surface area (Å²) in [5, 5.41) is 6.15. The maximum Gasteiger partial charge on any atom is 0.459 e. The molecule has 0 bridgehead atoms. The van der Waals surface area contributed by atoms with Crippen LogP contribution < -0.4 is 10.6 Å². The maximum atomic E-state index is 14.5. The number of amides is 2. The van der Waals surface area contributed by atoms with E-state index in [1.165, 1.54) is 0 Å². The summed E-state index contributed by atoms with van der Waals surface area (Å²) in [5.74, 6) is -11.5. The van der Waals surface area contributed by atoms with Crippen molar-refractivity contribution in [3.05, 3.63) is 46.3 Å². The number of carbonyl (C=O) groups is 2. The number of halogens is 10. The lowest BCUT2D eigenvalue weighted by molar-refractivity contribution is -0.292. The van der Waals surface area contributed by atoms with Gasteiger partial charge in [0, 0.05) is 26.1 Å². The SMILES string of the molecule is CC(=O)NCc1c(F)ccc(NC(=O)c2c(C(F)(F)F)c(C(F)(F)C(F)(F)F)nn2C)c1F. The number of hydrogen-bond donors (Lipinski definition) is 2. The Morgan fingerprint density at radius 1 is 1.03 bits per heavy atom. The minimum atomic E-state index is -6.48. The summed E-state index contributed by atoms with van der Waals surface area (Å²) >= 11 is 0. The smallest absolute Gasteiger partial charge is 0.352 e. The molecule has 2 aromatic rings. The van der Waals surface area contributed by atoms with E-state index in [4.69, 9.17) is 0 Å². The number of nitrogens with one attached hydrogen (secondary N) is 2. The van der Waals surface area contributed by atoms with Crippen molar-refractivity contribution in [2.24, 2.45) is 7.05 Å². The highest BCUT2D eigenvalue weighted by atomic mass is 19.4. The molecule has 182 valence electrons. The summed E-state index contributed by atoms with van der Waals surface area (Å²) < 4.78 is 134. The summed E-state index contributed by atoms with van der Waals surface area (Å²) in [4.78, 5) is 23.3. The molecule has 0 saturated heterocycles. The van der Waals surface area contributed by atoms with Gasteiger partial charge in [0.1, 0.15) is 17.1 Å². The van der Waals surface area contributed by atoms with Crippen LogP contribution in [0.2, 0.25) is 0 Å². The number of nitrogens with zero attached hydrogens (tertiary/aromatic N) is 2. The minimum absolute atomic E-state index is 0.174. The molecule has 6 nitrogen and oxygen atoms in total. The molecule has 1 aromatic heterocycles. The number of aromatic nitrogens is 2. The average Bonchev–Trinajstić information content (AvgIpc) is 3.01. The second-order valence-electron chi connectivity index (χ2n) is 6.52. The van der Waals surface area contributed by atoms with Crippen LogP contribution in [0.25, 0.3) is 0 Å². The first-order valence-corrected chi connectivity index (χ1v) is 8.51. The third kappa shape index (κ3) is 5.03. The van der Waals surface area contributed by atoms with Crippen LogP contribution in [-0.4, -0.2) is 27.8 Å². The predicted molar refractivity (Wildman–Crippen MR) is 90.0 cm³/mol. The number of rotatable bonds is 5. The van der Waals surface area contributed by atoms with Gasteiger partial charge in [-0.15, -0.1) is 0 Å². The van der Waals surface area contributed by atoms with Gasteiger partial charge in [0.05, 0.1) is 5.69 Å². The van der Waals surface area contributed by atoms with Gasteiger partial charge in [0.2, 0.25) is 5.91 Å². The van der Waals surface area contributed by atoms with Crippen LogP contribution in [0.1, 0.15) is 34.2 Å². The van der Waals surface area contributed by atoms with Crippen molar-refractivity contribution >= 4 is 17.5 Å². The van der Waals surface area contributed by atoms with Crippen molar-refractivity contribution in [3.8, 4) is 0 Å². The molecule has 1 aromatic carbocycles. The molecule has 0 saturated carbocycles. The molecule has 33 heavy (non-hydrogen) atoms. The highest BCUT2D eigenvalue weighted by Crippen LogP contribution is 2.48. The van der Waals surface area contributed by atoms with Gasteiger partial charge >= 0.3 is 18.3 Å². The number of benzene rings is 1. The van der Waals surface area contributed by atoms with Gasteiger partial charge in [-0.2, -0.15) is 40.2 Å². The zero-order chi connectivity index (χ0) is 25.5. The number of hydrogen-bond acceptors (Lipinski definition) is 3. The monoisotopic (exact) mass is 494 g/mol. The molecule has 2 N–H and O–H groups in total. The first-order chi connectivity index (χ1) is 14.9. The van der Waals surface area contributed by atoms with Crippen LogP contribution >= 0.6 is 0 Å². The lowest BCUT2D eigenvalue weighted by atomic mass is 10.1. The van der Waals surface area contributed by atoms with Crippen molar-refractivity contribution < 1.29 is 53.5 Å². The average molecular weight is 494 g/mol. The molecule has 0 unspecified atom stereocenters. The van der Waals surface area contributed by atoms with E-state index in [0.29, 0.717) is 19.2 Å². The van der Waals surface area contributed by atoms with Gasteiger partial charge in [-0.3, -0.25) is 14.3 Å². The Hall–Kier alpha value is -3.33. The second-order valence-corrected chi connectivity index (χ2v) is 6.52. The molecule has 0 aliphatic carbocycles. The van der Waals surface area contributed by atoms with Crippen molar-refractivity contribution in [2.45, 2.75) is 31.7 Å². The van der Waals surface area contributed by atoms with Gasteiger partial charge in [-0.05, 0) is 12.1 Å². The molecule has 0 radical (unpaired) electrons. The standard InChI is InChI=1S/C17H12F10N4O2/c1-6(32)28-5-7-8(18)3-4-9(11(7)19)29-14(33)12-10(16(22,23)24)13(30-31(12)2)15(20,21)17(25,26)27/h3-4H,5H2,1-2H3,(H,28,32)(H,29,33). The fourth-order valence-corrected chi connectivity index (χ4v) is 2.66. The van der Waals surface area contributed by atoms with E-state index >= 15 is 0 Å². The van der Waals surface area contributed by atoms with Crippen LogP contribution in [0.5, 0.6) is 0 Å². The summed E-state index contributed by atoms with van der Waals surface area (Å²) in [6.07, 6.45) is -12.4. The fourth-order valence-electron chi connectivity index (χ4n) is 2.66. The fraction of sp³-hybridized carbons (Fsp3) is 0.353. The van der Waals surface area contributed by atoms with Crippen molar-refractivity contribution in [1.29, 1.82) is 0 Å². The Bertz CT molecular complexity index is 1090. The van der Waals surface area contributed by atoms with Gasteiger partial charge in [-0.25, -0.2) is 8.78 Å². The molecule has 1 heterocycles. The molecule has 0 aliphatic rings. The predicted octanol–water partition coefficient (Wildman–Crippen LogP) is 4.26. The van der Waals surface area contributed by atoms with Crippen LogP contribution in [0.3, 0.4) is 0 Å². The quantitative estimate of drug-likeness (QED) is 0.611. The lowest BCUT2D eigenvalue weighted by Gasteiger charge is -2.19. The van der Waals surface area contributed by atoms with Gasteiger partial charge in [0.25, 0.3) is 5.91 Å². The summed E-state index contributed by atoms with van der Waals surface area (Å²) in [6, 6.07) is 1.14. The molecular weight excluding hydrogens is 482 g/mol. The Morgan fingerprint density at radius 3 is 2.09 bits per heavy atom. The third-order valence-corrected chi connectivity index (χ3v) is 4.15. The first-order valence-electron chi connectivity index (χ1n) is 8.51. The number of anilines is 1. The molecular formula is C17H12F10N4O2. The molecule has 0 aliphatic heterocycles. The zero-order valence-corrected chi connectivity index (χ0v) is 16.4. The zero-order valence-electron chi connectivity index (χ0n) is 16.4. The first kappa shape index (κ1) is 25.9. The summed E-state index contributed by atoms with van der Waals surface area (Å²) in [6.45, 7) is 0.287. The molecule has 16 heteroatoms. The Morgan fingerprint density at radius 2 is 1.61 bits per heavy atom. The van der Waals surface area contributed by atoms with E-state index in [-0.39, 0.29) is 4.68 Å². The van der Waals surface area contributed by atoms with Gasteiger partial charge < -0.3 is 10.6 Å². The topological polar surface area (TPSA) is 76.0 Å². The van der Waals surface area contributed by atoms with E-state index in [1.807, 2.05) is 5.32 Å². The highest BCUT2D eigenvalue weighted by molar-refractivity contribution is 6.04. The van der Waals surface area contributed by atoms with Crippen LogP contribution in [-0.2, 0) is 30.5 Å². The second kappa shape index (κ2) is 8.55. The van der Waals surface area contributed by atoms with Crippen molar-refractivity contribution in [2.75, 3.05) is 5.32 Å². The van der Waals surface area contributed by atoms with E-state index in [1.54, 1.807) is 5.32 Å². The molecule has 2 rings (SSSR count). The third-order valence-electron chi connectivity index (χ3n) is 4.15. The van der Waals surface area contributed by atoms with E-state index in [9.17, 15) is 53.5 Å². The largest absolute Gasteiger partial charge is 0.459 e. The Labute approximate surface area is 177 Å². The highest BCUT2D eigenvalue weighted by Gasteiger charge is 2.64. The lowest BCUT2D eigenvalue weighted by Crippen LogP contribution is -2.36. The van der Waals surface area contributed by atoms with Crippen LogP contribution in [0.15, 0.2) is 12.1 Å². The summed E-state index contributed by atoms with van der Waals surface area (Å²) in [7, 11) is 0.489. The van der Waals surface area contributed by atoms with Crippen molar-refractivity contribution in [3.63, 3.8) is 0 Å². The van der Waals surface area contributed by atoms with Gasteiger partial charge in [0.15, 0.2) is 11.5 Å². The molecule has 0 atom stereocenters. The van der Waals surface area contributed by atoms with Crippen molar-refractivity contribution in [1.82, 2.24) is 15.1 Å². The summed E-state index contributed by atoms with van der Waals surface area (Å²) in [5.41, 5.74) is -9.01. The van der Waals surface area contributed by atoms with Gasteiger partial charge in [-0.1, -0.05) is 0 Å². The maximum absolute atomic E-state index is 14.5. The van der Waals surface area contributed by atoms with Crippen LogP contribution in [0, 0.1) is 11.6 Å². The Kier molecular flexibility index (Phi) is 6.72. The van der Waals surface area contributed by atoms with E-state index in [2.05, 4.69) is 5.10 Å². The minimum Gasteiger partial charge on any atom is -0.352 e. The molecule has 0 spiro atoms. The number of alkyl halides is 8. The van der Waals surface area contributed by atoms with Crippen LogP contribution in [0.4, 0.5) is 49.6 Å². The Balaban J connectivity index is 2.58. The molecule has 2 amide bonds.